The maximum absolute atomic E-state index is 14.0. The van der Waals surface area contributed by atoms with E-state index >= 15 is 0 Å². The van der Waals surface area contributed by atoms with Gasteiger partial charge in [-0.3, -0.25) is 19.9 Å². The summed E-state index contributed by atoms with van der Waals surface area (Å²) in [4.78, 5) is 31.8. The molecule has 4 aliphatic heterocycles. The highest BCUT2D eigenvalue weighted by Crippen LogP contribution is 2.45. The maximum atomic E-state index is 14.0. The van der Waals surface area contributed by atoms with Crippen molar-refractivity contribution in [1.82, 2.24) is 25.5 Å². The molecule has 0 radical (unpaired) electrons. The van der Waals surface area contributed by atoms with Crippen LogP contribution in [0.4, 0.5) is 0 Å². The van der Waals surface area contributed by atoms with E-state index < -0.39 is 16.5 Å². The summed E-state index contributed by atoms with van der Waals surface area (Å²) >= 11 is 0. The zero-order chi connectivity index (χ0) is 28.6. The summed E-state index contributed by atoms with van der Waals surface area (Å²) in [6, 6.07) is 8.05. The molecule has 3 aromatic rings. The number of nitrogens with zero attached hydrogens (tertiary/aromatic N) is 4. The molecule has 8 heteroatoms. The minimum Gasteiger partial charge on any atom is -0.373 e. The van der Waals surface area contributed by atoms with Gasteiger partial charge in [0.2, 0.25) is 0 Å². The van der Waals surface area contributed by atoms with Crippen molar-refractivity contribution in [2.24, 2.45) is 15.4 Å². The van der Waals surface area contributed by atoms with Crippen molar-refractivity contribution >= 4 is 29.4 Å². The Morgan fingerprint density at radius 1 is 0.902 bits per heavy atom. The zero-order valence-corrected chi connectivity index (χ0v) is 23.7. The Balaban J connectivity index is 1.47. The molecule has 0 amide bonds. The van der Waals surface area contributed by atoms with Crippen molar-refractivity contribution < 1.29 is 4.79 Å². The number of rotatable bonds is 2. The summed E-state index contributed by atoms with van der Waals surface area (Å²) in [5.74, 6) is 0.0739. The van der Waals surface area contributed by atoms with Crippen LogP contribution in [0.1, 0.15) is 37.7 Å². The summed E-state index contributed by atoms with van der Waals surface area (Å²) in [5.41, 5.74) is 5.16. The van der Waals surface area contributed by atoms with Gasteiger partial charge < -0.3 is 10.3 Å². The molecule has 0 saturated carbocycles. The van der Waals surface area contributed by atoms with Gasteiger partial charge in [-0.25, -0.2) is 4.99 Å². The fraction of sp³-hybridized carbons (Fsp3) is 0.242. The Morgan fingerprint density at radius 2 is 1.68 bits per heavy atom. The normalized spacial score (nSPS) is 25.6. The first kappa shape index (κ1) is 25.1. The van der Waals surface area contributed by atoms with E-state index in [0.29, 0.717) is 0 Å². The Labute approximate surface area is 237 Å². The smallest absolute Gasteiger partial charge is 0.173 e. The second-order valence-corrected chi connectivity index (χ2v) is 11.9. The third-order valence-electron chi connectivity index (χ3n) is 8.33. The largest absolute Gasteiger partial charge is 0.373 e. The molecule has 0 aromatic carbocycles. The number of hydrogen-bond acceptors (Lipinski definition) is 6. The van der Waals surface area contributed by atoms with Gasteiger partial charge in [0.05, 0.1) is 33.9 Å². The second kappa shape index (κ2) is 8.57. The topological polar surface area (TPSA) is 111 Å². The monoisotopic (exact) mass is 541 g/mol. The predicted octanol–water partition coefficient (Wildman–Crippen LogP) is 3.63. The first-order valence-corrected chi connectivity index (χ1v) is 13.8. The van der Waals surface area contributed by atoms with Gasteiger partial charge in [0, 0.05) is 39.4 Å². The van der Waals surface area contributed by atoms with E-state index in [1.807, 2.05) is 88.4 Å². The molecule has 2 atom stereocenters. The van der Waals surface area contributed by atoms with Crippen LogP contribution in [-0.2, 0) is 10.3 Å². The highest BCUT2D eigenvalue weighted by atomic mass is 16.1. The van der Waals surface area contributed by atoms with Crippen LogP contribution in [0.2, 0.25) is 0 Å². The number of allylic oxidation sites excluding steroid dienone is 4. The SMILES string of the molecule is Cc1cc(-c2n[nH]c(C34C=CC(=N3)C=c3ccc([nH]3)=CC3=NC(=CC5(C)NC(=C4)C(C)(C)C5=O)C=C3)c2C)ccn1. The number of aryl methyl sites for hydroxylation is 1. The third-order valence-corrected chi connectivity index (χ3v) is 8.33. The van der Waals surface area contributed by atoms with Gasteiger partial charge in [-0.2, -0.15) is 5.10 Å². The molecule has 204 valence electrons. The Kier molecular flexibility index (Phi) is 5.26. The molecule has 41 heavy (non-hydrogen) atoms. The van der Waals surface area contributed by atoms with E-state index in [0.717, 1.165) is 61.7 Å². The van der Waals surface area contributed by atoms with Gasteiger partial charge >= 0.3 is 0 Å². The number of pyridine rings is 1. The molecule has 0 aliphatic carbocycles. The summed E-state index contributed by atoms with van der Waals surface area (Å²) in [7, 11) is 0. The molecule has 3 aromatic heterocycles. The Hall–Kier alpha value is -4.85. The molecule has 8 bridgehead atoms. The van der Waals surface area contributed by atoms with Crippen LogP contribution in [0.25, 0.3) is 23.4 Å². The van der Waals surface area contributed by atoms with Crippen LogP contribution in [-0.4, -0.2) is 42.9 Å². The summed E-state index contributed by atoms with van der Waals surface area (Å²) in [6.45, 7) is 9.88. The lowest BCUT2D eigenvalue weighted by atomic mass is 9.79. The van der Waals surface area contributed by atoms with E-state index in [1.165, 1.54) is 0 Å². The van der Waals surface area contributed by atoms with E-state index in [2.05, 4.69) is 39.5 Å². The number of ketones is 1. The van der Waals surface area contributed by atoms with Crippen LogP contribution < -0.4 is 16.0 Å². The fourth-order valence-electron chi connectivity index (χ4n) is 6.20. The number of aromatic amines is 2. The lowest BCUT2D eigenvalue weighted by Crippen LogP contribution is -2.41. The van der Waals surface area contributed by atoms with Crippen LogP contribution in [0.15, 0.2) is 88.3 Å². The van der Waals surface area contributed by atoms with Crippen molar-refractivity contribution in [3.8, 4) is 11.3 Å². The molecule has 7 rings (SSSR count). The van der Waals surface area contributed by atoms with Crippen molar-refractivity contribution in [2.75, 3.05) is 0 Å². The van der Waals surface area contributed by atoms with Gasteiger partial charge in [-0.05, 0) is 107 Å². The highest BCUT2D eigenvalue weighted by molar-refractivity contribution is 6.20. The average molecular weight is 542 g/mol. The van der Waals surface area contributed by atoms with Gasteiger partial charge in [0.15, 0.2) is 5.78 Å². The molecular formula is C33H31N7O. The molecule has 2 unspecified atom stereocenters. The average Bonchev–Trinajstić information content (AvgIpc) is 3.73. The molecule has 1 saturated heterocycles. The first-order valence-electron chi connectivity index (χ1n) is 13.8. The van der Waals surface area contributed by atoms with Gasteiger partial charge in [-0.1, -0.05) is 0 Å². The van der Waals surface area contributed by atoms with Crippen molar-refractivity contribution in [3.63, 3.8) is 0 Å². The Morgan fingerprint density at radius 3 is 2.46 bits per heavy atom. The van der Waals surface area contributed by atoms with Crippen molar-refractivity contribution in [3.05, 3.63) is 106 Å². The van der Waals surface area contributed by atoms with Crippen LogP contribution in [0.3, 0.4) is 0 Å². The van der Waals surface area contributed by atoms with E-state index in [9.17, 15) is 4.79 Å². The van der Waals surface area contributed by atoms with Gasteiger partial charge in [0.25, 0.3) is 0 Å². The molecule has 4 aliphatic rings. The molecule has 3 N–H and O–H groups in total. The third kappa shape index (κ3) is 4.01. The number of carbonyl (C=O) groups is 1. The molecule has 7 heterocycles. The predicted molar refractivity (Wildman–Crippen MR) is 162 cm³/mol. The molecule has 1 fully saturated rings. The minimum absolute atomic E-state index is 0.0739. The van der Waals surface area contributed by atoms with Crippen LogP contribution in [0, 0.1) is 19.3 Å². The number of aliphatic imine (C=N–C) groups is 2. The van der Waals surface area contributed by atoms with E-state index in [-0.39, 0.29) is 5.78 Å². The number of Topliss-reactive ketones (excluding diaryl/α,β-unsaturated/α-hetero) is 1. The number of hydrogen-bond donors (Lipinski definition) is 3. The second-order valence-electron chi connectivity index (χ2n) is 11.9. The number of nitrogens with one attached hydrogen (secondary N) is 3. The highest BCUT2D eigenvalue weighted by Gasteiger charge is 2.52. The lowest BCUT2D eigenvalue weighted by Gasteiger charge is -2.25. The van der Waals surface area contributed by atoms with Crippen LogP contribution in [0.5, 0.6) is 0 Å². The standard InChI is InChI=1S/C33H31N7O/c1-19-14-21(11-13-34-19)28-20(2)29(40-39-28)33-12-10-25(37-33)16-24-7-6-22(35-24)15-23-8-9-26(36-23)17-32(5)30(41)31(3,4)27(18-33)38-32/h6-18,35,38H,1-5H3,(H,39,40). The fourth-order valence-corrected chi connectivity index (χ4v) is 6.20. The van der Waals surface area contributed by atoms with Crippen molar-refractivity contribution in [2.45, 2.75) is 45.7 Å². The van der Waals surface area contributed by atoms with Gasteiger partial charge in [-0.15, -0.1) is 0 Å². The summed E-state index contributed by atoms with van der Waals surface area (Å²) < 4.78 is 0. The molecular weight excluding hydrogens is 510 g/mol. The first-order chi connectivity index (χ1) is 19.5. The van der Waals surface area contributed by atoms with Gasteiger partial charge in [0.1, 0.15) is 11.1 Å². The van der Waals surface area contributed by atoms with Crippen LogP contribution >= 0.6 is 0 Å². The minimum atomic E-state index is -0.935. The maximum Gasteiger partial charge on any atom is 0.173 e. The van der Waals surface area contributed by atoms with Crippen molar-refractivity contribution in [1.29, 1.82) is 0 Å². The van der Waals surface area contributed by atoms with E-state index in [1.54, 1.807) is 6.20 Å². The summed E-state index contributed by atoms with van der Waals surface area (Å²) in [5, 5.41) is 13.5. The molecule has 0 spiro atoms. The van der Waals surface area contributed by atoms with E-state index in [4.69, 9.17) is 15.1 Å². The number of carbonyl (C=O) groups excluding carboxylic acids is 1. The lowest BCUT2D eigenvalue weighted by molar-refractivity contribution is -0.126. The molecule has 8 nitrogen and oxygen atoms in total. The number of fused-ring (bicyclic) bond motifs is 6. The Bertz CT molecular complexity index is 1960. The number of H-pyrrole nitrogens is 2. The quantitative estimate of drug-likeness (QED) is 0.460. The zero-order valence-electron chi connectivity index (χ0n) is 23.7. The summed E-state index contributed by atoms with van der Waals surface area (Å²) in [6.07, 6.45) is 17.8. The number of aromatic nitrogens is 4.